The first-order valence-electron chi connectivity index (χ1n) is 5.74. The van der Waals surface area contributed by atoms with Gasteiger partial charge in [-0.1, -0.05) is 18.2 Å². The number of hydrogen-bond donors (Lipinski definition) is 1. The van der Waals surface area contributed by atoms with Crippen LogP contribution >= 0.6 is 0 Å². The van der Waals surface area contributed by atoms with Crippen LogP contribution in [0.3, 0.4) is 0 Å². The highest BCUT2D eigenvalue weighted by molar-refractivity contribution is 5.44. The number of aromatic nitrogens is 1. The van der Waals surface area contributed by atoms with E-state index in [9.17, 15) is 14.5 Å². The second-order valence-corrected chi connectivity index (χ2v) is 3.92. The minimum Gasteiger partial charge on any atom is -0.370 e. The molecule has 1 aromatic heterocycles. The van der Waals surface area contributed by atoms with Gasteiger partial charge >= 0.3 is 0 Å². The number of halogens is 1. The van der Waals surface area contributed by atoms with E-state index in [2.05, 4.69) is 10.3 Å². The predicted molar refractivity (Wildman–Crippen MR) is 69.5 cm³/mol. The van der Waals surface area contributed by atoms with Crippen LogP contribution in [-0.4, -0.2) is 16.5 Å². The van der Waals surface area contributed by atoms with Crippen LogP contribution in [0, 0.1) is 15.9 Å². The minimum absolute atomic E-state index is 0.0246. The zero-order valence-corrected chi connectivity index (χ0v) is 10.0. The number of rotatable bonds is 5. The number of nitrogens with one attached hydrogen (secondary N) is 1. The van der Waals surface area contributed by atoms with Gasteiger partial charge < -0.3 is 5.32 Å². The summed E-state index contributed by atoms with van der Waals surface area (Å²) in [5, 5.41) is 13.5. The molecule has 1 N–H and O–H groups in total. The third kappa shape index (κ3) is 3.48. The Morgan fingerprint density at radius 2 is 2.11 bits per heavy atom. The van der Waals surface area contributed by atoms with Crippen LogP contribution in [0.15, 0.2) is 42.6 Å². The van der Waals surface area contributed by atoms with Gasteiger partial charge in [0.05, 0.1) is 11.0 Å². The molecule has 1 aromatic carbocycles. The number of benzene rings is 1. The summed E-state index contributed by atoms with van der Waals surface area (Å²) >= 11 is 0. The second-order valence-electron chi connectivity index (χ2n) is 3.92. The predicted octanol–water partition coefficient (Wildman–Crippen LogP) is 2.78. The summed E-state index contributed by atoms with van der Waals surface area (Å²) in [7, 11) is 0. The molecular formula is C13H12FN3O2. The second kappa shape index (κ2) is 5.90. The molecule has 0 saturated heterocycles. The molecule has 0 radical (unpaired) electrons. The van der Waals surface area contributed by atoms with Crippen molar-refractivity contribution in [3.8, 4) is 0 Å². The van der Waals surface area contributed by atoms with E-state index in [4.69, 9.17) is 0 Å². The Balaban J connectivity index is 1.94. The zero-order valence-electron chi connectivity index (χ0n) is 10.0. The fraction of sp³-hybridized carbons (Fsp3) is 0.154. The molecule has 0 atom stereocenters. The Hall–Kier alpha value is -2.50. The highest BCUT2D eigenvalue weighted by atomic mass is 19.1. The Kier molecular flexibility index (Phi) is 4.02. The first-order chi connectivity index (χ1) is 9.16. The van der Waals surface area contributed by atoms with Gasteiger partial charge in [0.15, 0.2) is 0 Å². The maximum atomic E-state index is 13.4. The van der Waals surface area contributed by atoms with Gasteiger partial charge in [0.25, 0.3) is 5.69 Å². The van der Waals surface area contributed by atoms with Crippen LogP contribution in [0.4, 0.5) is 15.9 Å². The van der Waals surface area contributed by atoms with Crippen molar-refractivity contribution in [3.63, 3.8) is 0 Å². The summed E-state index contributed by atoms with van der Waals surface area (Å²) in [6.07, 6.45) is 1.85. The minimum atomic E-state index is -0.482. The van der Waals surface area contributed by atoms with E-state index >= 15 is 0 Å². The molecule has 0 fully saturated rings. The van der Waals surface area contributed by atoms with Crippen LogP contribution in [0.1, 0.15) is 5.56 Å². The average molecular weight is 261 g/mol. The van der Waals surface area contributed by atoms with Gasteiger partial charge in [-0.25, -0.2) is 9.37 Å². The van der Waals surface area contributed by atoms with Crippen molar-refractivity contribution in [1.82, 2.24) is 4.98 Å². The van der Waals surface area contributed by atoms with Crippen LogP contribution in [-0.2, 0) is 6.42 Å². The van der Waals surface area contributed by atoms with Crippen molar-refractivity contribution >= 4 is 11.5 Å². The summed E-state index contributed by atoms with van der Waals surface area (Å²) in [4.78, 5) is 14.1. The summed E-state index contributed by atoms with van der Waals surface area (Å²) in [5.41, 5.74) is 0.573. The van der Waals surface area contributed by atoms with Crippen LogP contribution in [0.5, 0.6) is 0 Å². The topological polar surface area (TPSA) is 68.1 Å². The molecular weight excluding hydrogens is 249 g/mol. The van der Waals surface area contributed by atoms with E-state index in [1.165, 1.54) is 24.4 Å². The fourth-order valence-electron chi connectivity index (χ4n) is 1.66. The molecule has 0 saturated carbocycles. The lowest BCUT2D eigenvalue weighted by atomic mass is 10.1. The van der Waals surface area contributed by atoms with Gasteiger partial charge in [-0.2, -0.15) is 0 Å². The standard InChI is InChI=1S/C13H12FN3O2/c14-12-4-2-1-3-10(12)5-7-15-13-9-11(17(18)19)6-8-16-13/h1-4,6,8-9H,5,7H2,(H,15,16). The van der Waals surface area contributed by atoms with Gasteiger partial charge in [0.1, 0.15) is 11.6 Å². The smallest absolute Gasteiger partial charge is 0.274 e. The molecule has 0 aliphatic carbocycles. The van der Waals surface area contributed by atoms with Gasteiger partial charge in [0.2, 0.25) is 0 Å². The molecule has 19 heavy (non-hydrogen) atoms. The first-order valence-corrected chi connectivity index (χ1v) is 5.74. The number of nitro groups is 1. The third-order valence-corrected chi connectivity index (χ3v) is 2.61. The number of hydrogen-bond acceptors (Lipinski definition) is 4. The molecule has 0 bridgehead atoms. The normalized spacial score (nSPS) is 10.2. The Morgan fingerprint density at radius 3 is 2.84 bits per heavy atom. The highest BCUT2D eigenvalue weighted by Gasteiger charge is 2.06. The van der Waals surface area contributed by atoms with E-state index in [-0.39, 0.29) is 11.5 Å². The number of pyridine rings is 1. The van der Waals surface area contributed by atoms with E-state index in [0.717, 1.165) is 0 Å². The number of nitrogens with zero attached hydrogens (tertiary/aromatic N) is 2. The van der Waals surface area contributed by atoms with Crippen LogP contribution < -0.4 is 5.32 Å². The fourth-order valence-corrected chi connectivity index (χ4v) is 1.66. The molecule has 5 nitrogen and oxygen atoms in total. The summed E-state index contributed by atoms with van der Waals surface area (Å²) in [5.74, 6) is 0.154. The van der Waals surface area contributed by atoms with Crippen LogP contribution in [0.2, 0.25) is 0 Å². The Morgan fingerprint density at radius 1 is 1.32 bits per heavy atom. The molecule has 0 aliphatic rings. The van der Waals surface area contributed by atoms with Gasteiger partial charge in [-0.3, -0.25) is 10.1 Å². The van der Waals surface area contributed by atoms with Gasteiger partial charge in [-0.15, -0.1) is 0 Å². The van der Waals surface area contributed by atoms with Crippen LogP contribution in [0.25, 0.3) is 0 Å². The summed E-state index contributed by atoms with van der Waals surface area (Å²) in [6, 6.07) is 9.18. The van der Waals surface area contributed by atoms with E-state index in [1.54, 1.807) is 18.2 Å². The lowest BCUT2D eigenvalue weighted by molar-refractivity contribution is -0.384. The lowest BCUT2D eigenvalue weighted by Crippen LogP contribution is -2.07. The maximum Gasteiger partial charge on any atom is 0.274 e. The molecule has 98 valence electrons. The molecule has 0 amide bonds. The van der Waals surface area contributed by atoms with E-state index < -0.39 is 4.92 Å². The van der Waals surface area contributed by atoms with E-state index in [0.29, 0.717) is 24.3 Å². The quantitative estimate of drug-likeness (QED) is 0.663. The van der Waals surface area contributed by atoms with Gasteiger partial charge in [0, 0.05) is 18.8 Å². The Bertz CT molecular complexity index is 590. The molecule has 0 aliphatic heterocycles. The highest BCUT2D eigenvalue weighted by Crippen LogP contribution is 2.14. The van der Waals surface area contributed by atoms with Gasteiger partial charge in [-0.05, 0) is 18.1 Å². The maximum absolute atomic E-state index is 13.4. The molecule has 2 rings (SSSR count). The van der Waals surface area contributed by atoms with Crippen molar-refractivity contribution in [2.45, 2.75) is 6.42 Å². The lowest BCUT2D eigenvalue weighted by Gasteiger charge is -2.06. The summed E-state index contributed by atoms with van der Waals surface area (Å²) in [6.45, 7) is 0.453. The molecule has 2 aromatic rings. The van der Waals surface area contributed by atoms with Crippen molar-refractivity contribution in [2.75, 3.05) is 11.9 Å². The van der Waals surface area contributed by atoms with Crippen molar-refractivity contribution in [1.29, 1.82) is 0 Å². The Labute approximate surface area is 109 Å². The van der Waals surface area contributed by atoms with E-state index in [1.807, 2.05) is 0 Å². The van der Waals surface area contributed by atoms with Crippen molar-refractivity contribution in [3.05, 3.63) is 64.1 Å². The summed E-state index contributed by atoms with van der Waals surface area (Å²) < 4.78 is 13.4. The molecule has 0 unspecified atom stereocenters. The zero-order chi connectivity index (χ0) is 13.7. The average Bonchev–Trinajstić information content (AvgIpc) is 2.41. The monoisotopic (exact) mass is 261 g/mol. The molecule has 1 heterocycles. The number of anilines is 1. The first kappa shape index (κ1) is 12.9. The SMILES string of the molecule is O=[N+]([O-])c1ccnc(NCCc2ccccc2F)c1. The van der Waals surface area contributed by atoms with Crippen molar-refractivity contribution in [2.24, 2.45) is 0 Å². The van der Waals surface area contributed by atoms with Crippen molar-refractivity contribution < 1.29 is 9.31 Å². The molecule has 0 spiro atoms. The largest absolute Gasteiger partial charge is 0.370 e. The molecule has 6 heteroatoms. The third-order valence-electron chi connectivity index (χ3n) is 2.61.